The second-order valence-corrected chi connectivity index (χ2v) is 24.2. The zero-order valence-corrected chi connectivity index (χ0v) is 48.4. The number of fused-ring (bicyclic) bond motifs is 14. The molecular formula is C82H54BNO4. The van der Waals surface area contributed by atoms with Crippen LogP contribution in [0.1, 0.15) is 47.2 Å². The van der Waals surface area contributed by atoms with Crippen molar-refractivity contribution in [2.75, 3.05) is 4.90 Å². The van der Waals surface area contributed by atoms with E-state index < -0.39 is 10.8 Å². The van der Waals surface area contributed by atoms with Crippen molar-refractivity contribution in [1.29, 1.82) is 0 Å². The number of para-hydroxylation sites is 4. The Morgan fingerprint density at radius 3 is 1.35 bits per heavy atom. The highest BCUT2D eigenvalue weighted by molar-refractivity contribution is 6.99. The summed E-state index contributed by atoms with van der Waals surface area (Å²) in [5.74, 6) is 6.58. The van der Waals surface area contributed by atoms with Crippen molar-refractivity contribution in [3.05, 3.63) is 325 Å². The SMILES string of the molecule is CC1(C)c2ccccc2Oc2cc3c(cc21)N(c1ccc(-c2ccccc2)cc1-c1ccccc1)c1cc(-c2ccc4c(c2)C2(c5ccccc5Oc5ccccc52)c2ccccc2O4)cc2c1B3c1cc(-c3ccccc3)cc(-c3ccccc3)c1O2. The van der Waals surface area contributed by atoms with E-state index >= 15 is 0 Å². The van der Waals surface area contributed by atoms with E-state index in [-0.39, 0.29) is 6.71 Å². The van der Waals surface area contributed by atoms with E-state index in [4.69, 9.17) is 18.9 Å². The fourth-order valence-corrected chi connectivity index (χ4v) is 15.0. The third-order valence-electron chi connectivity index (χ3n) is 19.1. The van der Waals surface area contributed by atoms with Gasteiger partial charge in [0.15, 0.2) is 0 Å². The summed E-state index contributed by atoms with van der Waals surface area (Å²) >= 11 is 0. The van der Waals surface area contributed by atoms with Crippen LogP contribution in [0.5, 0.6) is 46.0 Å². The fraction of sp³-hybridized carbons (Fsp3) is 0.0488. The van der Waals surface area contributed by atoms with E-state index in [0.717, 1.165) is 168 Å². The van der Waals surface area contributed by atoms with Crippen molar-refractivity contribution in [3.8, 4) is 102 Å². The standard InChI is InChI=1S/C82H54BNO4/c1-81(2)61-31-15-19-35-72(61)87-77-50-67-70(49-65(77)81)84(69-41-39-55(51-23-7-3-8-24-51)43-59(69)53-27-11-5-12-28-53)71-47-58(48-78-79(71)83(67)68-46-57(52-25-9-4-10-26-52)44-60(80(68)88-78)54-29-13-6-14-30-54)56-40-42-76-66(45-56)82(64-34-18-22-38-75(64)86-76)62-32-16-20-36-73(62)85-74-37-21-17-33-63(74)82/h3-50H,1-2H3. The average Bonchev–Trinajstić information content (AvgIpc) is 0.771. The summed E-state index contributed by atoms with van der Waals surface area (Å²) in [5, 5.41) is 0. The van der Waals surface area contributed by atoms with Crippen LogP contribution in [0.15, 0.2) is 291 Å². The van der Waals surface area contributed by atoms with E-state index in [9.17, 15) is 0 Å². The minimum Gasteiger partial charge on any atom is -0.458 e. The highest BCUT2D eigenvalue weighted by Crippen LogP contribution is 2.62. The minimum absolute atomic E-state index is 0.301. The van der Waals surface area contributed by atoms with Gasteiger partial charge in [-0.3, -0.25) is 0 Å². The highest BCUT2D eigenvalue weighted by atomic mass is 16.5. The summed E-state index contributed by atoms with van der Waals surface area (Å²) in [4.78, 5) is 2.54. The number of hydrogen-bond donors (Lipinski definition) is 0. The van der Waals surface area contributed by atoms with Gasteiger partial charge in [-0.2, -0.15) is 0 Å². The number of hydrogen-bond acceptors (Lipinski definition) is 5. The molecule has 0 N–H and O–H groups in total. The first kappa shape index (κ1) is 50.3. The first-order chi connectivity index (χ1) is 43.4. The van der Waals surface area contributed by atoms with Crippen molar-refractivity contribution in [3.63, 3.8) is 0 Å². The van der Waals surface area contributed by atoms with Crippen LogP contribution >= 0.6 is 0 Å². The van der Waals surface area contributed by atoms with Crippen LogP contribution in [-0.2, 0) is 10.8 Å². The quantitative estimate of drug-likeness (QED) is 0.155. The molecule has 0 unspecified atom stereocenters. The first-order valence-corrected chi connectivity index (χ1v) is 30.3. The molecule has 0 bridgehead atoms. The second kappa shape index (κ2) is 19.2. The summed E-state index contributed by atoms with van der Waals surface area (Å²) in [6, 6.07) is 105. The van der Waals surface area contributed by atoms with Gasteiger partial charge in [-0.15, -0.1) is 0 Å². The van der Waals surface area contributed by atoms with E-state index in [0.29, 0.717) is 0 Å². The Morgan fingerprint density at radius 1 is 0.273 bits per heavy atom. The van der Waals surface area contributed by atoms with Crippen LogP contribution in [0.3, 0.4) is 0 Å². The predicted octanol–water partition coefficient (Wildman–Crippen LogP) is 19.5. The van der Waals surface area contributed by atoms with Crippen LogP contribution in [0.25, 0.3) is 55.6 Å². The normalized spacial score (nSPS) is 14.3. The lowest BCUT2D eigenvalue weighted by Gasteiger charge is -2.45. The molecule has 0 amide bonds. The molecule has 0 fully saturated rings. The van der Waals surface area contributed by atoms with E-state index in [1.807, 2.05) is 0 Å². The summed E-state index contributed by atoms with van der Waals surface area (Å²) < 4.78 is 28.8. The molecule has 13 aromatic rings. The summed E-state index contributed by atoms with van der Waals surface area (Å²) in [6.07, 6.45) is 0. The Bertz CT molecular complexity index is 4920. The second-order valence-electron chi connectivity index (χ2n) is 24.2. The molecule has 5 aliphatic heterocycles. The molecule has 13 aromatic carbocycles. The number of anilines is 3. The van der Waals surface area contributed by atoms with Gasteiger partial charge in [0.2, 0.25) is 0 Å². The van der Waals surface area contributed by atoms with Crippen molar-refractivity contribution in [2.45, 2.75) is 24.7 Å². The number of rotatable bonds is 6. The molecule has 6 heteroatoms. The molecule has 0 saturated heterocycles. The third kappa shape index (κ3) is 7.42. The lowest BCUT2D eigenvalue weighted by molar-refractivity contribution is 0.399. The highest BCUT2D eigenvalue weighted by Gasteiger charge is 2.51. The molecule has 0 aliphatic carbocycles. The number of ether oxygens (including phenoxy) is 4. The van der Waals surface area contributed by atoms with E-state index in [1.54, 1.807) is 0 Å². The predicted molar refractivity (Wildman–Crippen MR) is 357 cm³/mol. The molecule has 5 heterocycles. The molecule has 5 nitrogen and oxygen atoms in total. The van der Waals surface area contributed by atoms with Crippen molar-refractivity contribution < 1.29 is 18.9 Å². The summed E-state index contributed by atoms with van der Waals surface area (Å²) in [7, 11) is 0. The van der Waals surface area contributed by atoms with E-state index in [1.165, 1.54) is 0 Å². The van der Waals surface area contributed by atoms with Crippen LogP contribution in [-0.4, -0.2) is 6.71 Å². The van der Waals surface area contributed by atoms with Crippen molar-refractivity contribution >= 4 is 40.2 Å². The molecule has 0 saturated carbocycles. The molecule has 1 spiro atoms. The topological polar surface area (TPSA) is 40.2 Å². The maximum absolute atomic E-state index is 7.81. The average molecular weight is 1130 g/mol. The van der Waals surface area contributed by atoms with Gasteiger partial charge in [-0.25, -0.2) is 0 Å². The molecular weight excluding hydrogens is 1070 g/mol. The Kier molecular flexibility index (Phi) is 11.0. The molecule has 0 aromatic heterocycles. The Morgan fingerprint density at radius 2 is 0.739 bits per heavy atom. The Labute approximate surface area is 512 Å². The molecule has 0 atom stereocenters. The van der Waals surface area contributed by atoms with Crippen LogP contribution < -0.4 is 40.2 Å². The smallest absolute Gasteiger partial charge is 0.256 e. The number of nitrogens with zero attached hydrogens (tertiary/aromatic N) is 1. The van der Waals surface area contributed by atoms with Crippen LogP contribution in [0.4, 0.5) is 17.1 Å². The van der Waals surface area contributed by atoms with Crippen LogP contribution in [0, 0.1) is 0 Å². The molecule has 414 valence electrons. The van der Waals surface area contributed by atoms with Gasteiger partial charge in [0, 0.05) is 61.3 Å². The van der Waals surface area contributed by atoms with Gasteiger partial charge in [-0.05, 0) is 140 Å². The zero-order chi connectivity index (χ0) is 58.2. The van der Waals surface area contributed by atoms with Gasteiger partial charge in [0.05, 0.1) is 11.1 Å². The number of benzene rings is 13. The zero-order valence-electron chi connectivity index (χ0n) is 48.4. The largest absolute Gasteiger partial charge is 0.458 e. The maximum Gasteiger partial charge on any atom is 0.256 e. The van der Waals surface area contributed by atoms with Gasteiger partial charge in [0.25, 0.3) is 6.71 Å². The lowest BCUT2D eigenvalue weighted by Crippen LogP contribution is -2.60. The molecule has 88 heavy (non-hydrogen) atoms. The summed E-state index contributed by atoms with van der Waals surface area (Å²) in [5.41, 5.74) is 22.5. The Balaban J connectivity index is 0.953. The fourth-order valence-electron chi connectivity index (χ4n) is 15.0. The van der Waals surface area contributed by atoms with E-state index in [2.05, 4.69) is 310 Å². The maximum atomic E-state index is 7.81. The van der Waals surface area contributed by atoms with Crippen molar-refractivity contribution in [2.24, 2.45) is 0 Å². The molecule has 18 rings (SSSR count). The van der Waals surface area contributed by atoms with Crippen molar-refractivity contribution in [1.82, 2.24) is 0 Å². The Hall–Kier alpha value is -11.1. The minimum atomic E-state index is -0.793. The van der Waals surface area contributed by atoms with Crippen LogP contribution in [0.2, 0.25) is 0 Å². The van der Waals surface area contributed by atoms with Gasteiger partial charge in [0.1, 0.15) is 46.0 Å². The van der Waals surface area contributed by atoms with Gasteiger partial charge in [-0.1, -0.05) is 226 Å². The van der Waals surface area contributed by atoms with Gasteiger partial charge < -0.3 is 23.8 Å². The monoisotopic (exact) mass is 1130 g/mol. The molecule has 5 aliphatic rings. The van der Waals surface area contributed by atoms with Gasteiger partial charge >= 0.3 is 0 Å². The summed E-state index contributed by atoms with van der Waals surface area (Å²) in [6.45, 7) is 4.37. The molecule has 0 radical (unpaired) electrons. The first-order valence-electron chi connectivity index (χ1n) is 30.3. The third-order valence-corrected chi connectivity index (χ3v) is 19.1. The lowest BCUT2D eigenvalue weighted by atomic mass is 9.33.